The number of benzene rings is 1. The summed E-state index contributed by atoms with van der Waals surface area (Å²) in [5.74, 6) is -0.0554. The van der Waals surface area contributed by atoms with Crippen molar-refractivity contribution < 1.29 is 10.2 Å². The predicted octanol–water partition coefficient (Wildman–Crippen LogP) is 2.63. The second-order valence-electron chi connectivity index (χ2n) is 2.83. The van der Waals surface area contributed by atoms with Crippen LogP contribution in [0.25, 0.3) is 0 Å². The van der Waals surface area contributed by atoms with Crippen LogP contribution in [0.15, 0.2) is 18.2 Å². The molecular weight excluding hydrogens is 246 g/mol. The average Bonchev–Trinajstić information content (AvgIpc) is 2.15. The molecule has 78 valence electrons. The van der Waals surface area contributed by atoms with E-state index in [-0.39, 0.29) is 5.88 Å². The van der Waals surface area contributed by atoms with E-state index in [0.717, 1.165) is 0 Å². The normalized spacial score (nSPS) is 15.2. The van der Waals surface area contributed by atoms with Gasteiger partial charge in [-0.2, -0.15) is 0 Å². The predicted molar refractivity (Wildman–Crippen MR) is 58.1 cm³/mol. The number of aliphatic hydroxyl groups excluding tert-OH is 2. The van der Waals surface area contributed by atoms with Crippen LogP contribution in [0.3, 0.4) is 0 Å². The fourth-order valence-electron chi connectivity index (χ4n) is 1.03. The minimum atomic E-state index is -1.09. The monoisotopic (exact) mass is 254 g/mol. The van der Waals surface area contributed by atoms with Crippen molar-refractivity contribution in [3.8, 4) is 0 Å². The lowest BCUT2D eigenvalue weighted by Crippen LogP contribution is -2.19. The van der Waals surface area contributed by atoms with Crippen LogP contribution in [0, 0.1) is 0 Å². The maximum Gasteiger partial charge on any atom is 0.107 e. The molecule has 0 aliphatic rings. The van der Waals surface area contributed by atoms with Crippen molar-refractivity contribution in [3.05, 3.63) is 33.8 Å². The molecule has 0 fully saturated rings. The highest BCUT2D eigenvalue weighted by Crippen LogP contribution is 2.28. The van der Waals surface area contributed by atoms with Gasteiger partial charge in [0.15, 0.2) is 0 Å². The summed E-state index contributed by atoms with van der Waals surface area (Å²) in [5.41, 5.74) is 0.421. The van der Waals surface area contributed by atoms with E-state index >= 15 is 0 Å². The van der Waals surface area contributed by atoms with Gasteiger partial charge in [-0.15, -0.1) is 11.6 Å². The summed E-state index contributed by atoms with van der Waals surface area (Å²) >= 11 is 16.9. The van der Waals surface area contributed by atoms with Gasteiger partial charge in [0.05, 0.1) is 12.0 Å². The molecule has 0 saturated heterocycles. The second-order valence-corrected chi connectivity index (χ2v) is 3.98. The molecule has 0 aliphatic heterocycles. The number of rotatable bonds is 3. The van der Waals surface area contributed by atoms with Crippen LogP contribution in [0.2, 0.25) is 10.0 Å². The molecule has 0 heterocycles. The van der Waals surface area contributed by atoms with E-state index in [1.165, 1.54) is 6.07 Å². The highest BCUT2D eigenvalue weighted by atomic mass is 35.5. The van der Waals surface area contributed by atoms with E-state index in [0.29, 0.717) is 15.6 Å². The van der Waals surface area contributed by atoms with E-state index < -0.39 is 12.2 Å². The Balaban J connectivity index is 2.95. The molecule has 0 spiro atoms. The minimum absolute atomic E-state index is 0.0554. The van der Waals surface area contributed by atoms with Crippen LogP contribution >= 0.6 is 34.8 Å². The third kappa shape index (κ3) is 2.75. The first-order valence-corrected chi connectivity index (χ1v) is 5.22. The Morgan fingerprint density at radius 3 is 2.36 bits per heavy atom. The molecule has 14 heavy (non-hydrogen) atoms. The Labute approximate surface area is 97.0 Å². The van der Waals surface area contributed by atoms with Crippen LogP contribution in [-0.2, 0) is 0 Å². The summed E-state index contributed by atoms with van der Waals surface area (Å²) in [6, 6.07) is 4.65. The third-order valence-corrected chi connectivity index (χ3v) is 2.68. The maximum absolute atomic E-state index is 9.60. The van der Waals surface area contributed by atoms with Crippen molar-refractivity contribution in [1.82, 2.24) is 0 Å². The van der Waals surface area contributed by atoms with Crippen LogP contribution in [0.1, 0.15) is 11.7 Å². The summed E-state index contributed by atoms with van der Waals surface area (Å²) < 4.78 is 0. The Hall–Kier alpha value is 0.01000. The summed E-state index contributed by atoms with van der Waals surface area (Å²) in [6.45, 7) is 0. The van der Waals surface area contributed by atoms with Crippen molar-refractivity contribution in [3.63, 3.8) is 0 Å². The summed E-state index contributed by atoms with van der Waals surface area (Å²) in [4.78, 5) is 0. The third-order valence-electron chi connectivity index (χ3n) is 1.80. The number of alkyl halides is 1. The van der Waals surface area contributed by atoms with Gasteiger partial charge in [-0.1, -0.05) is 29.3 Å². The molecule has 1 aromatic rings. The van der Waals surface area contributed by atoms with Crippen molar-refractivity contribution in [2.75, 3.05) is 5.88 Å². The number of halogens is 3. The van der Waals surface area contributed by atoms with Gasteiger partial charge in [-0.25, -0.2) is 0 Å². The highest BCUT2D eigenvalue weighted by Gasteiger charge is 2.19. The first-order chi connectivity index (χ1) is 6.56. The van der Waals surface area contributed by atoms with E-state index in [2.05, 4.69) is 0 Å². The zero-order valence-electron chi connectivity index (χ0n) is 7.12. The standard InChI is InChI=1S/C9H9Cl3O2/c10-4-8(13)9(14)6-2-1-5(11)3-7(6)12/h1-3,8-9,13-14H,4H2. The Bertz CT molecular complexity index is 317. The smallest absolute Gasteiger partial charge is 0.107 e. The van der Waals surface area contributed by atoms with Crippen LogP contribution in [-0.4, -0.2) is 22.2 Å². The van der Waals surface area contributed by atoms with Crippen molar-refractivity contribution in [2.24, 2.45) is 0 Å². The molecule has 0 amide bonds. The average molecular weight is 256 g/mol. The van der Waals surface area contributed by atoms with E-state index in [1.807, 2.05) is 0 Å². The largest absolute Gasteiger partial charge is 0.389 e. The van der Waals surface area contributed by atoms with Gasteiger partial charge in [-0.3, -0.25) is 0 Å². The summed E-state index contributed by atoms with van der Waals surface area (Å²) in [5, 5.41) is 19.7. The number of aliphatic hydroxyl groups is 2. The lowest BCUT2D eigenvalue weighted by molar-refractivity contribution is 0.0328. The summed E-state index contributed by atoms with van der Waals surface area (Å²) in [6.07, 6.45) is -2.12. The van der Waals surface area contributed by atoms with Crippen LogP contribution in [0.4, 0.5) is 0 Å². The minimum Gasteiger partial charge on any atom is -0.389 e. The molecule has 0 bridgehead atoms. The lowest BCUT2D eigenvalue weighted by atomic mass is 10.1. The fraction of sp³-hybridized carbons (Fsp3) is 0.333. The summed E-state index contributed by atoms with van der Waals surface area (Å²) in [7, 11) is 0. The molecule has 2 nitrogen and oxygen atoms in total. The maximum atomic E-state index is 9.60. The van der Waals surface area contributed by atoms with E-state index in [4.69, 9.17) is 34.8 Å². The zero-order chi connectivity index (χ0) is 10.7. The molecule has 2 unspecified atom stereocenters. The fourth-order valence-corrected chi connectivity index (χ4v) is 1.72. The van der Waals surface area contributed by atoms with Gasteiger partial charge in [-0.05, 0) is 12.1 Å². The molecule has 1 aromatic carbocycles. The van der Waals surface area contributed by atoms with E-state index in [9.17, 15) is 10.2 Å². The van der Waals surface area contributed by atoms with Gasteiger partial charge in [0.25, 0.3) is 0 Å². The second kappa shape index (κ2) is 5.19. The van der Waals surface area contributed by atoms with Crippen molar-refractivity contribution >= 4 is 34.8 Å². The molecule has 0 aliphatic carbocycles. The molecule has 0 radical (unpaired) electrons. The molecule has 2 atom stereocenters. The Morgan fingerprint density at radius 2 is 1.86 bits per heavy atom. The molecular formula is C9H9Cl3O2. The molecule has 5 heteroatoms. The van der Waals surface area contributed by atoms with Crippen molar-refractivity contribution in [1.29, 1.82) is 0 Å². The van der Waals surface area contributed by atoms with Gasteiger partial charge >= 0.3 is 0 Å². The molecule has 2 N–H and O–H groups in total. The van der Waals surface area contributed by atoms with Crippen LogP contribution in [0.5, 0.6) is 0 Å². The quantitative estimate of drug-likeness (QED) is 0.815. The molecule has 1 rings (SSSR count). The topological polar surface area (TPSA) is 40.5 Å². The number of hydrogen-bond acceptors (Lipinski definition) is 2. The number of hydrogen-bond donors (Lipinski definition) is 2. The first-order valence-electron chi connectivity index (χ1n) is 3.93. The Kier molecular flexibility index (Phi) is 4.48. The molecule has 0 saturated carbocycles. The first kappa shape index (κ1) is 12.1. The van der Waals surface area contributed by atoms with Gasteiger partial charge in [0, 0.05) is 15.6 Å². The molecule has 0 aromatic heterocycles. The van der Waals surface area contributed by atoms with Crippen LogP contribution < -0.4 is 0 Å². The SMILES string of the molecule is OC(CCl)C(O)c1ccc(Cl)cc1Cl. The lowest BCUT2D eigenvalue weighted by Gasteiger charge is -2.16. The van der Waals surface area contributed by atoms with Crippen molar-refractivity contribution in [2.45, 2.75) is 12.2 Å². The van der Waals surface area contributed by atoms with E-state index in [1.54, 1.807) is 12.1 Å². The zero-order valence-corrected chi connectivity index (χ0v) is 9.39. The van der Waals surface area contributed by atoms with Gasteiger partial charge < -0.3 is 10.2 Å². The van der Waals surface area contributed by atoms with Gasteiger partial charge in [0.1, 0.15) is 6.10 Å². The highest BCUT2D eigenvalue weighted by molar-refractivity contribution is 6.35. The van der Waals surface area contributed by atoms with Gasteiger partial charge in [0.2, 0.25) is 0 Å². The Morgan fingerprint density at radius 1 is 1.21 bits per heavy atom.